The maximum Gasteiger partial charge on any atom is 0.203 e. The molecule has 0 spiro atoms. The number of aliphatic imine (C=N–C) groups is 1. The lowest BCUT2D eigenvalue weighted by molar-refractivity contribution is 0.277. The molecule has 23 heavy (non-hydrogen) atoms. The maximum absolute atomic E-state index is 5.01. The minimum absolute atomic E-state index is 0.459. The van der Waals surface area contributed by atoms with Crippen molar-refractivity contribution >= 4 is 17.2 Å². The highest BCUT2D eigenvalue weighted by molar-refractivity contribution is 5.97. The molecule has 0 atom stereocenters. The number of anilines is 1. The Morgan fingerprint density at radius 1 is 1.30 bits per heavy atom. The van der Waals surface area contributed by atoms with Gasteiger partial charge in [0.25, 0.3) is 0 Å². The lowest BCUT2D eigenvalue weighted by atomic mass is 9.93. The van der Waals surface area contributed by atoms with Crippen LogP contribution in [-0.2, 0) is 11.3 Å². The molecule has 2 aliphatic rings. The lowest BCUT2D eigenvalue weighted by Gasteiger charge is -2.21. The first-order chi connectivity index (χ1) is 11.2. The van der Waals surface area contributed by atoms with Gasteiger partial charge in [-0.1, -0.05) is 30.9 Å². The molecule has 0 radical (unpaired) electrons. The summed E-state index contributed by atoms with van der Waals surface area (Å²) >= 11 is 0. The lowest BCUT2D eigenvalue weighted by Crippen LogP contribution is -2.32. The fraction of sp³-hybridized carbons (Fsp3) is 0.211. The van der Waals surface area contributed by atoms with Crippen LogP contribution in [-0.4, -0.2) is 13.1 Å². The molecule has 1 heterocycles. The van der Waals surface area contributed by atoms with E-state index in [9.17, 15) is 0 Å². The van der Waals surface area contributed by atoms with Crippen molar-refractivity contribution < 1.29 is 4.74 Å². The molecule has 4 nitrogen and oxygen atoms in total. The first-order valence-corrected chi connectivity index (χ1v) is 7.68. The number of hydrogen-bond donors (Lipinski definition) is 2. The maximum atomic E-state index is 5.01. The largest absolute Gasteiger partial charge is 0.483 e. The zero-order valence-corrected chi connectivity index (χ0v) is 13.4. The third kappa shape index (κ3) is 3.37. The Labute approximate surface area is 137 Å². The molecule has 0 fully saturated rings. The van der Waals surface area contributed by atoms with Gasteiger partial charge in [-0.15, -0.1) is 0 Å². The van der Waals surface area contributed by atoms with Crippen molar-refractivity contribution in [2.24, 2.45) is 4.99 Å². The average molecular weight is 307 g/mol. The van der Waals surface area contributed by atoms with Gasteiger partial charge >= 0.3 is 0 Å². The van der Waals surface area contributed by atoms with Gasteiger partial charge < -0.3 is 10.1 Å². The Morgan fingerprint density at radius 3 is 2.91 bits per heavy atom. The zero-order chi connectivity index (χ0) is 16.2. The van der Waals surface area contributed by atoms with Gasteiger partial charge in [0.15, 0.2) is 5.88 Å². The van der Waals surface area contributed by atoms with Crippen LogP contribution in [0.15, 0.2) is 66.0 Å². The van der Waals surface area contributed by atoms with Gasteiger partial charge in [-0.05, 0) is 53.8 Å². The number of allylic oxidation sites excluding steroid dienone is 5. The van der Waals surface area contributed by atoms with E-state index < -0.39 is 0 Å². The summed E-state index contributed by atoms with van der Waals surface area (Å²) in [5.74, 6) is 1.11. The summed E-state index contributed by atoms with van der Waals surface area (Å²) in [5, 5.41) is 6.23. The number of guanidine groups is 1. The van der Waals surface area contributed by atoms with E-state index in [0.717, 1.165) is 35.2 Å². The molecular formula is C19H21N3O. The minimum Gasteiger partial charge on any atom is -0.483 e. The van der Waals surface area contributed by atoms with Crippen LogP contribution in [0.2, 0.25) is 0 Å². The highest BCUT2D eigenvalue weighted by Gasteiger charge is 2.14. The van der Waals surface area contributed by atoms with Crippen molar-refractivity contribution in [2.75, 3.05) is 12.4 Å². The van der Waals surface area contributed by atoms with Gasteiger partial charge in [0, 0.05) is 5.69 Å². The van der Waals surface area contributed by atoms with Crippen LogP contribution < -0.4 is 10.6 Å². The second-order valence-electron chi connectivity index (χ2n) is 5.53. The van der Waals surface area contributed by atoms with E-state index in [1.807, 2.05) is 0 Å². The average Bonchev–Trinajstić information content (AvgIpc) is 2.61. The molecule has 0 saturated heterocycles. The molecule has 1 aromatic rings. The molecule has 0 aromatic heterocycles. The summed E-state index contributed by atoms with van der Waals surface area (Å²) in [6.07, 6.45) is 8.80. The summed E-state index contributed by atoms with van der Waals surface area (Å²) in [6, 6.07) is 6.31. The molecule has 2 N–H and O–H groups in total. The number of benzene rings is 1. The highest BCUT2D eigenvalue weighted by Crippen LogP contribution is 2.29. The molecule has 0 amide bonds. The van der Waals surface area contributed by atoms with Gasteiger partial charge in [-0.2, -0.15) is 0 Å². The van der Waals surface area contributed by atoms with Crippen molar-refractivity contribution in [3.8, 4) is 0 Å². The molecule has 0 bridgehead atoms. The van der Waals surface area contributed by atoms with E-state index in [1.54, 1.807) is 7.11 Å². The van der Waals surface area contributed by atoms with Gasteiger partial charge in [0.05, 0.1) is 13.7 Å². The van der Waals surface area contributed by atoms with E-state index in [1.165, 1.54) is 5.57 Å². The SMILES string of the molecule is C=C(NC1=NCc2cc(C(=C)C3=CCCC=C3)ccc2N1)OC. The van der Waals surface area contributed by atoms with Crippen molar-refractivity contribution in [3.63, 3.8) is 0 Å². The standard InChI is InChI=1S/C19H21N3O/c1-13(15-7-5-4-6-8-15)16-9-10-18-17(11-16)12-20-19(22-18)21-14(2)23-3/h5,7-11H,1-2,4,6,12H2,3H3,(H2,20,21,22). The smallest absolute Gasteiger partial charge is 0.203 e. The summed E-state index contributed by atoms with van der Waals surface area (Å²) in [7, 11) is 1.57. The Morgan fingerprint density at radius 2 is 2.17 bits per heavy atom. The number of ether oxygens (including phenoxy) is 1. The minimum atomic E-state index is 0.459. The molecule has 1 aromatic carbocycles. The zero-order valence-electron chi connectivity index (χ0n) is 13.4. The van der Waals surface area contributed by atoms with Crippen LogP contribution in [0.5, 0.6) is 0 Å². The van der Waals surface area contributed by atoms with Crippen LogP contribution in [0.1, 0.15) is 24.0 Å². The fourth-order valence-electron chi connectivity index (χ4n) is 2.62. The third-order valence-corrected chi connectivity index (χ3v) is 3.96. The number of hydrogen-bond acceptors (Lipinski definition) is 4. The van der Waals surface area contributed by atoms with Crippen molar-refractivity contribution in [1.82, 2.24) is 5.32 Å². The first kappa shape index (κ1) is 15.2. The van der Waals surface area contributed by atoms with E-state index in [4.69, 9.17) is 4.74 Å². The summed E-state index contributed by atoms with van der Waals surface area (Å²) < 4.78 is 5.01. The summed E-state index contributed by atoms with van der Waals surface area (Å²) in [5.41, 5.74) is 5.59. The Bertz CT molecular complexity index is 741. The van der Waals surface area contributed by atoms with Crippen molar-refractivity contribution in [2.45, 2.75) is 19.4 Å². The van der Waals surface area contributed by atoms with Crippen LogP contribution in [0.3, 0.4) is 0 Å². The predicted molar refractivity (Wildman–Crippen MR) is 96.0 cm³/mol. The van der Waals surface area contributed by atoms with E-state index >= 15 is 0 Å². The first-order valence-electron chi connectivity index (χ1n) is 7.68. The van der Waals surface area contributed by atoms with E-state index in [-0.39, 0.29) is 0 Å². The fourth-order valence-corrected chi connectivity index (χ4v) is 2.62. The molecule has 118 valence electrons. The molecule has 3 rings (SSSR count). The normalized spacial score (nSPS) is 15.7. The van der Waals surface area contributed by atoms with Crippen LogP contribution in [0.4, 0.5) is 5.69 Å². The number of fused-ring (bicyclic) bond motifs is 1. The van der Waals surface area contributed by atoms with Crippen LogP contribution in [0, 0.1) is 0 Å². The van der Waals surface area contributed by atoms with Gasteiger partial charge in [-0.3, -0.25) is 5.32 Å². The Hall–Kier alpha value is -2.75. The second kappa shape index (κ2) is 6.57. The summed E-state index contributed by atoms with van der Waals surface area (Å²) in [4.78, 5) is 4.47. The van der Waals surface area contributed by atoms with Crippen molar-refractivity contribution in [3.05, 3.63) is 72.2 Å². The van der Waals surface area contributed by atoms with Crippen molar-refractivity contribution in [1.29, 1.82) is 0 Å². The predicted octanol–water partition coefficient (Wildman–Crippen LogP) is 3.96. The third-order valence-electron chi connectivity index (χ3n) is 3.96. The van der Waals surface area contributed by atoms with E-state index in [2.05, 4.69) is 65.2 Å². The van der Waals surface area contributed by atoms with Gasteiger partial charge in [0.2, 0.25) is 5.96 Å². The highest BCUT2D eigenvalue weighted by atomic mass is 16.5. The van der Waals surface area contributed by atoms with Gasteiger partial charge in [-0.25, -0.2) is 4.99 Å². The molecule has 1 aliphatic carbocycles. The Balaban J connectivity index is 1.77. The monoisotopic (exact) mass is 307 g/mol. The second-order valence-corrected chi connectivity index (χ2v) is 5.53. The Kier molecular flexibility index (Phi) is 4.33. The van der Waals surface area contributed by atoms with Crippen LogP contribution >= 0.6 is 0 Å². The van der Waals surface area contributed by atoms with Crippen LogP contribution in [0.25, 0.3) is 5.57 Å². The molecular weight excluding hydrogens is 286 g/mol. The molecule has 4 heteroatoms. The topological polar surface area (TPSA) is 45.7 Å². The molecule has 1 aliphatic heterocycles. The van der Waals surface area contributed by atoms with Gasteiger partial charge in [0.1, 0.15) is 0 Å². The number of nitrogens with zero attached hydrogens (tertiary/aromatic N) is 1. The number of rotatable bonds is 4. The quantitative estimate of drug-likeness (QED) is 0.828. The molecule has 0 unspecified atom stereocenters. The number of nitrogens with one attached hydrogen (secondary N) is 2. The van der Waals surface area contributed by atoms with E-state index in [0.29, 0.717) is 18.4 Å². The summed E-state index contributed by atoms with van der Waals surface area (Å²) in [6.45, 7) is 8.59. The number of methoxy groups -OCH3 is 1. The molecule has 0 saturated carbocycles.